The van der Waals surface area contributed by atoms with E-state index in [0.717, 1.165) is 5.92 Å². The lowest BCUT2D eigenvalue weighted by molar-refractivity contribution is 1.14. The second-order valence-electron chi connectivity index (χ2n) is 4.46. The lowest BCUT2D eigenvalue weighted by Gasteiger charge is -1.96. The highest BCUT2D eigenvalue weighted by Crippen LogP contribution is 2.42. The predicted octanol–water partition coefficient (Wildman–Crippen LogP) is 4.81. The molecule has 0 unspecified atom stereocenters. The van der Waals surface area contributed by atoms with Crippen molar-refractivity contribution in [2.75, 3.05) is 0 Å². The molecule has 0 radical (unpaired) electrons. The van der Waals surface area contributed by atoms with E-state index < -0.39 is 0 Å². The Morgan fingerprint density at radius 3 is 2.80 bits per heavy atom. The van der Waals surface area contributed by atoms with Gasteiger partial charge in [-0.05, 0) is 54.3 Å². The summed E-state index contributed by atoms with van der Waals surface area (Å²) < 4.78 is 1.41. The number of allylic oxidation sites excluding steroid dienone is 1. The Morgan fingerprint density at radius 2 is 2.13 bits per heavy atom. The van der Waals surface area contributed by atoms with E-state index in [1.54, 1.807) is 0 Å². The van der Waals surface area contributed by atoms with Crippen molar-refractivity contribution in [2.45, 2.75) is 25.7 Å². The van der Waals surface area contributed by atoms with Crippen LogP contribution >= 0.6 is 11.3 Å². The van der Waals surface area contributed by atoms with E-state index in [1.807, 2.05) is 11.3 Å². The molecule has 15 heavy (non-hydrogen) atoms. The molecule has 1 aromatic heterocycles. The molecule has 1 heteroatoms. The highest BCUT2D eigenvalue weighted by atomic mass is 32.1. The Labute approximate surface area is 94.2 Å². The van der Waals surface area contributed by atoms with E-state index in [2.05, 4.69) is 37.8 Å². The molecule has 0 nitrogen and oxygen atoms in total. The highest BCUT2D eigenvalue weighted by Gasteiger charge is 2.23. The summed E-state index contributed by atoms with van der Waals surface area (Å²) in [5.41, 5.74) is 2.70. The van der Waals surface area contributed by atoms with Crippen LogP contribution in [0.3, 0.4) is 0 Å². The number of fused-ring (bicyclic) bond motifs is 1. The van der Waals surface area contributed by atoms with E-state index in [0.29, 0.717) is 0 Å². The van der Waals surface area contributed by atoms with E-state index >= 15 is 0 Å². The smallest absolute Gasteiger partial charge is 0.0352 e. The van der Waals surface area contributed by atoms with Crippen LogP contribution in [0.15, 0.2) is 30.8 Å². The minimum atomic E-state index is 0.852. The summed E-state index contributed by atoms with van der Waals surface area (Å²) in [4.78, 5) is 1.32. The molecule has 1 heterocycles. The normalized spacial score (nSPS) is 15.8. The van der Waals surface area contributed by atoms with Gasteiger partial charge in [-0.1, -0.05) is 18.7 Å². The van der Waals surface area contributed by atoms with E-state index in [9.17, 15) is 0 Å². The van der Waals surface area contributed by atoms with Gasteiger partial charge in [0.05, 0.1) is 0 Å². The fraction of sp³-hybridized carbons (Fsp3) is 0.286. The monoisotopic (exact) mass is 214 g/mol. The lowest BCUT2D eigenvalue weighted by atomic mass is 10.1. The van der Waals surface area contributed by atoms with Gasteiger partial charge in [-0.2, -0.15) is 0 Å². The first-order valence-corrected chi connectivity index (χ1v) is 6.25. The summed E-state index contributed by atoms with van der Waals surface area (Å²) in [5.74, 6) is 0.852. The highest BCUT2D eigenvalue weighted by molar-refractivity contribution is 7.20. The van der Waals surface area contributed by atoms with Gasteiger partial charge in [0, 0.05) is 9.58 Å². The molecule has 0 saturated heterocycles. The molecule has 0 bridgehead atoms. The number of rotatable bonds is 2. The Hall–Kier alpha value is -1.08. The zero-order valence-electron chi connectivity index (χ0n) is 8.92. The van der Waals surface area contributed by atoms with Crippen LogP contribution in [-0.4, -0.2) is 0 Å². The first kappa shape index (κ1) is 9.17. The van der Waals surface area contributed by atoms with Crippen LogP contribution in [0.25, 0.3) is 15.7 Å². The van der Waals surface area contributed by atoms with Crippen LogP contribution in [0.1, 0.15) is 36.1 Å². The van der Waals surface area contributed by atoms with Crippen LogP contribution in [-0.2, 0) is 0 Å². The minimum absolute atomic E-state index is 0.852. The number of hydrogen-bond acceptors (Lipinski definition) is 1. The summed E-state index contributed by atoms with van der Waals surface area (Å²) in [6.45, 7) is 6.08. The molecule has 0 N–H and O–H groups in total. The molecule has 1 aliphatic rings. The van der Waals surface area contributed by atoms with Gasteiger partial charge in [0.1, 0.15) is 0 Å². The molecule has 76 valence electrons. The van der Waals surface area contributed by atoms with Gasteiger partial charge in [-0.25, -0.2) is 0 Å². The molecule has 1 aromatic carbocycles. The fourth-order valence-corrected chi connectivity index (χ4v) is 2.97. The molecule has 1 aliphatic carbocycles. The molecular weight excluding hydrogens is 200 g/mol. The van der Waals surface area contributed by atoms with E-state index in [-0.39, 0.29) is 0 Å². The third-order valence-corrected chi connectivity index (χ3v) is 4.27. The number of thiophene rings is 1. The van der Waals surface area contributed by atoms with Gasteiger partial charge in [-0.15, -0.1) is 11.3 Å². The number of benzene rings is 1. The van der Waals surface area contributed by atoms with Crippen LogP contribution in [0.5, 0.6) is 0 Å². The second kappa shape index (κ2) is 3.21. The molecule has 0 atom stereocenters. The second-order valence-corrected chi connectivity index (χ2v) is 5.55. The van der Waals surface area contributed by atoms with Gasteiger partial charge in [-0.3, -0.25) is 0 Å². The van der Waals surface area contributed by atoms with Crippen molar-refractivity contribution in [2.24, 2.45) is 0 Å². The van der Waals surface area contributed by atoms with Crippen molar-refractivity contribution in [3.8, 4) is 0 Å². The zero-order valence-corrected chi connectivity index (χ0v) is 9.73. The molecule has 0 spiro atoms. The van der Waals surface area contributed by atoms with Crippen LogP contribution in [0.4, 0.5) is 0 Å². The molecule has 1 saturated carbocycles. The Bertz CT molecular complexity index is 529. The lowest BCUT2D eigenvalue weighted by Crippen LogP contribution is -1.75. The van der Waals surface area contributed by atoms with Gasteiger partial charge < -0.3 is 0 Å². The average Bonchev–Trinajstić information content (AvgIpc) is 2.96. The van der Waals surface area contributed by atoms with E-state index in [1.165, 1.54) is 38.9 Å². The first-order valence-electron chi connectivity index (χ1n) is 5.43. The summed E-state index contributed by atoms with van der Waals surface area (Å²) in [7, 11) is 0. The van der Waals surface area contributed by atoms with Crippen molar-refractivity contribution < 1.29 is 0 Å². The first-order chi connectivity index (χ1) is 7.24. The standard InChI is InChI=1S/C14H14S/c1-9(2)13-8-12-6-5-11(10-3-4-10)7-14(12)15-13/h5-8,10H,1,3-4H2,2H3. The quantitative estimate of drug-likeness (QED) is 0.673. The maximum atomic E-state index is 4.00. The topological polar surface area (TPSA) is 0 Å². The maximum absolute atomic E-state index is 4.00. The molecule has 2 aromatic rings. The van der Waals surface area contributed by atoms with Crippen LogP contribution < -0.4 is 0 Å². The number of hydrogen-bond donors (Lipinski definition) is 0. The Morgan fingerprint density at radius 1 is 1.33 bits per heavy atom. The third kappa shape index (κ3) is 1.61. The molecule has 0 aliphatic heterocycles. The minimum Gasteiger partial charge on any atom is -0.136 e. The largest absolute Gasteiger partial charge is 0.136 e. The van der Waals surface area contributed by atoms with E-state index in [4.69, 9.17) is 0 Å². The van der Waals surface area contributed by atoms with Crippen LogP contribution in [0.2, 0.25) is 0 Å². The third-order valence-electron chi connectivity index (χ3n) is 3.01. The average molecular weight is 214 g/mol. The molecule has 0 amide bonds. The summed E-state index contributed by atoms with van der Waals surface area (Å²) in [5, 5.41) is 1.36. The predicted molar refractivity (Wildman–Crippen MR) is 68.5 cm³/mol. The van der Waals surface area contributed by atoms with Gasteiger partial charge in [0.15, 0.2) is 0 Å². The molecular formula is C14H14S. The van der Waals surface area contributed by atoms with Gasteiger partial charge in [0.25, 0.3) is 0 Å². The zero-order chi connectivity index (χ0) is 10.4. The van der Waals surface area contributed by atoms with Crippen LogP contribution in [0, 0.1) is 0 Å². The maximum Gasteiger partial charge on any atom is 0.0352 e. The fourth-order valence-electron chi connectivity index (χ4n) is 1.93. The summed E-state index contributed by atoms with van der Waals surface area (Å²) >= 11 is 1.87. The van der Waals surface area contributed by atoms with Gasteiger partial charge in [0.2, 0.25) is 0 Å². The van der Waals surface area contributed by atoms with Gasteiger partial charge >= 0.3 is 0 Å². The molecule has 3 rings (SSSR count). The molecule has 1 fully saturated rings. The van der Waals surface area contributed by atoms with Crippen molar-refractivity contribution in [3.05, 3.63) is 41.3 Å². The summed E-state index contributed by atoms with van der Waals surface area (Å²) in [6.07, 6.45) is 2.76. The van der Waals surface area contributed by atoms with Crippen molar-refractivity contribution in [3.63, 3.8) is 0 Å². The van der Waals surface area contributed by atoms with Crippen molar-refractivity contribution in [1.82, 2.24) is 0 Å². The Balaban J connectivity index is 2.13. The summed E-state index contributed by atoms with van der Waals surface area (Å²) in [6, 6.07) is 9.16. The van der Waals surface area contributed by atoms with Crippen molar-refractivity contribution >= 4 is 27.0 Å². The SMILES string of the molecule is C=C(C)c1cc2ccc(C3CC3)cc2s1. The Kier molecular flexibility index (Phi) is 1.96. The van der Waals surface area contributed by atoms with Crippen molar-refractivity contribution in [1.29, 1.82) is 0 Å².